The molecule has 0 heterocycles. The minimum absolute atomic E-state index is 0.226. The molecule has 0 saturated heterocycles. The minimum atomic E-state index is -0.936. The van der Waals surface area contributed by atoms with Crippen molar-refractivity contribution in [2.24, 2.45) is 0 Å². The second-order valence-corrected chi connectivity index (χ2v) is 7.73. The number of rotatable bonds is 3. The van der Waals surface area contributed by atoms with Crippen molar-refractivity contribution in [1.29, 1.82) is 0 Å². The van der Waals surface area contributed by atoms with E-state index in [4.69, 9.17) is 4.43 Å². The maximum Gasteiger partial charge on any atom is 0.228 e. The van der Waals surface area contributed by atoms with Crippen LogP contribution in [-0.4, -0.2) is 9.04 Å². The summed E-state index contributed by atoms with van der Waals surface area (Å²) >= 11 is 0. The molecule has 0 aliphatic rings. The molecule has 0 saturated carbocycles. The Labute approximate surface area is 101 Å². The first-order valence-electron chi connectivity index (χ1n) is 5.82. The van der Waals surface area contributed by atoms with Crippen LogP contribution in [0.1, 0.15) is 31.9 Å². The van der Waals surface area contributed by atoms with E-state index in [9.17, 15) is 0 Å². The molecule has 0 atom stereocenters. The van der Waals surface area contributed by atoms with Gasteiger partial charge in [-0.1, -0.05) is 45.0 Å². The summed E-state index contributed by atoms with van der Waals surface area (Å²) in [5.74, 6) is 0. The Bertz CT molecular complexity index is 344. The Morgan fingerprint density at radius 3 is 2.06 bits per heavy atom. The van der Waals surface area contributed by atoms with Gasteiger partial charge in [-0.3, -0.25) is 0 Å². The van der Waals surface area contributed by atoms with Crippen molar-refractivity contribution >= 4 is 15.1 Å². The average Bonchev–Trinajstić information content (AvgIpc) is 2.16. The van der Waals surface area contributed by atoms with E-state index in [0.717, 1.165) is 0 Å². The summed E-state index contributed by atoms with van der Waals surface area (Å²) in [6.07, 6.45) is 3.85. The van der Waals surface area contributed by atoms with Gasteiger partial charge in [0.05, 0.1) is 6.26 Å². The zero-order valence-corrected chi connectivity index (χ0v) is 12.1. The second kappa shape index (κ2) is 5.35. The molecule has 0 bridgehead atoms. The fraction of sp³-hybridized carbons (Fsp3) is 0.429. The van der Waals surface area contributed by atoms with Gasteiger partial charge in [0, 0.05) is 0 Å². The van der Waals surface area contributed by atoms with E-state index in [1.165, 1.54) is 11.1 Å². The Morgan fingerprint density at radius 1 is 1.06 bits per heavy atom. The lowest BCUT2D eigenvalue weighted by Crippen LogP contribution is -2.10. The van der Waals surface area contributed by atoms with E-state index in [1.54, 1.807) is 0 Å². The van der Waals surface area contributed by atoms with Gasteiger partial charge in [-0.15, -0.1) is 0 Å². The summed E-state index contributed by atoms with van der Waals surface area (Å²) in [7, 11) is -0.936. The van der Waals surface area contributed by atoms with Crippen LogP contribution in [0.15, 0.2) is 30.5 Å². The van der Waals surface area contributed by atoms with Gasteiger partial charge in [0.1, 0.15) is 0 Å². The van der Waals surface area contributed by atoms with Crippen LogP contribution in [0.5, 0.6) is 0 Å². The summed E-state index contributed by atoms with van der Waals surface area (Å²) in [5, 5.41) is 0. The zero-order chi connectivity index (χ0) is 12.2. The van der Waals surface area contributed by atoms with E-state index in [0.29, 0.717) is 0 Å². The third kappa shape index (κ3) is 4.23. The molecule has 1 nitrogen and oxygen atoms in total. The molecule has 1 rings (SSSR count). The van der Waals surface area contributed by atoms with Crippen molar-refractivity contribution in [2.45, 2.75) is 39.3 Å². The van der Waals surface area contributed by atoms with Crippen molar-refractivity contribution in [3.8, 4) is 0 Å². The Balaban J connectivity index is 2.69. The first kappa shape index (κ1) is 13.0. The molecule has 0 fully saturated rings. The smallest absolute Gasteiger partial charge is 0.228 e. The summed E-state index contributed by atoms with van der Waals surface area (Å²) in [5.41, 5.74) is 2.79. The summed E-state index contributed by atoms with van der Waals surface area (Å²) in [6.45, 7) is 11.0. The topological polar surface area (TPSA) is 9.23 Å². The summed E-state index contributed by atoms with van der Waals surface area (Å²) < 4.78 is 5.50. The van der Waals surface area contributed by atoms with Gasteiger partial charge in [-0.05, 0) is 35.7 Å². The maximum absolute atomic E-state index is 5.50. The minimum Gasteiger partial charge on any atom is -0.552 e. The van der Waals surface area contributed by atoms with Gasteiger partial charge < -0.3 is 4.43 Å². The molecule has 0 aliphatic heterocycles. The SMILES string of the molecule is C[SiH](C)OC=Cc1ccc(C(C)(C)C)cc1. The van der Waals surface area contributed by atoms with Crippen molar-refractivity contribution in [3.63, 3.8) is 0 Å². The Hall–Kier alpha value is -1.02. The molecule has 0 unspecified atom stereocenters. The molecule has 2 heteroatoms. The second-order valence-electron chi connectivity index (χ2n) is 5.36. The number of hydrogen-bond donors (Lipinski definition) is 0. The van der Waals surface area contributed by atoms with Gasteiger partial charge in [-0.2, -0.15) is 0 Å². The van der Waals surface area contributed by atoms with Gasteiger partial charge >= 0.3 is 0 Å². The predicted molar refractivity (Wildman–Crippen MR) is 74.1 cm³/mol. The van der Waals surface area contributed by atoms with Crippen LogP contribution < -0.4 is 0 Å². The van der Waals surface area contributed by atoms with Gasteiger partial charge in [-0.25, -0.2) is 0 Å². The van der Waals surface area contributed by atoms with Crippen molar-refractivity contribution in [3.05, 3.63) is 41.7 Å². The van der Waals surface area contributed by atoms with Crippen LogP contribution in [0.25, 0.3) is 6.08 Å². The fourth-order valence-corrected chi connectivity index (χ4v) is 1.76. The van der Waals surface area contributed by atoms with Gasteiger partial charge in [0.2, 0.25) is 9.04 Å². The Morgan fingerprint density at radius 2 is 1.62 bits per heavy atom. The molecule has 88 valence electrons. The van der Waals surface area contributed by atoms with Crippen LogP contribution in [0, 0.1) is 0 Å². The first-order chi connectivity index (χ1) is 7.39. The molecule has 0 aromatic heterocycles. The highest BCUT2D eigenvalue weighted by Gasteiger charge is 2.12. The highest BCUT2D eigenvalue weighted by atomic mass is 28.3. The largest absolute Gasteiger partial charge is 0.552 e. The van der Waals surface area contributed by atoms with E-state index < -0.39 is 9.04 Å². The summed E-state index contributed by atoms with van der Waals surface area (Å²) in [6, 6.07) is 8.66. The van der Waals surface area contributed by atoms with Crippen molar-refractivity contribution in [1.82, 2.24) is 0 Å². The predicted octanol–water partition coefficient (Wildman–Crippen LogP) is 3.95. The molecule has 0 spiro atoms. The van der Waals surface area contributed by atoms with E-state index in [2.05, 4.69) is 58.1 Å². The highest BCUT2D eigenvalue weighted by Crippen LogP contribution is 2.22. The number of hydrogen-bond acceptors (Lipinski definition) is 1. The van der Waals surface area contributed by atoms with E-state index >= 15 is 0 Å². The van der Waals surface area contributed by atoms with E-state index in [1.807, 2.05) is 12.3 Å². The molecule has 0 N–H and O–H groups in total. The van der Waals surface area contributed by atoms with Crippen LogP contribution in [0.3, 0.4) is 0 Å². The molecular formula is C14H22OSi. The maximum atomic E-state index is 5.50. The highest BCUT2D eigenvalue weighted by molar-refractivity contribution is 6.48. The molecule has 0 radical (unpaired) electrons. The molecule has 1 aromatic carbocycles. The quantitative estimate of drug-likeness (QED) is 0.568. The fourth-order valence-electron chi connectivity index (χ4n) is 1.37. The van der Waals surface area contributed by atoms with Crippen molar-refractivity contribution in [2.75, 3.05) is 0 Å². The molecule has 16 heavy (non-hydrogen) atoms. The standard InChI is InChI=1S/C14H22OSi/c1-14(2,3)13-8-6-12(7-9-13)10-11-15-16(4)5/h6-11,16H,1-5H3. The molecular weight excluding hydrogens is 212 g/mol. The monoisotopic (exact) mass is 234 g/mol. The van der Waals surface area contributed by atoms with Gasteiger partial charge in [0.15, 0.2) is 0 Å². The summed E-state index contributed by atoms with van der Waals surface area (Å²) in [4.78, 5) is 0. The van der Waals surface area contributed by atoms with Gasteiger partial charge in [0.25, 0.3) is 0 Å². The number of benzene rings is 1. The third-order valence-electron chi connectivity index (χ3n) is 2.39. The molecule has 0 amide bonds. The molecule has 0 aliphatic carbocycles. The lowest BCUT2D eigenvalue weighted by molar-refractivity contribution is 0.505. The molecule has 1 aromatic rings. The van der Waals surface area contributed by atoms with Crippen LogP contribution in [0.4, 0.5) is 0 Å². The van der Waals surface area contributed by atoms with Crippen LogP contribution in [-0.2, 0) is 9.84 Å². The zero-order valence-electron chi connectivity index (χ0n) is 10.9. The van der Waals surface area contributed by atoms with Crippen LogP contribution >= 0.6 is 0 Å². The normalized spacial score (nSPS) is 12.4. The first-order valence-corrected chi connectivity index (χ1v) is 8.60. The van der Waals surface area contributed by atoms with Crippen LogP contribution in [0.2, 0.25) is 13.1 Å². The van der Waals surface area contributed by atoms with Crippen molar-refractivity contribution < 1.29 is 4.43 Å². The average molecular weight is 234 g/mol. The lowest BCUT2D eigenvalue weighted by Gasteiger charge is -2.18. The Kier molecular flexibility index (Phi) is 4.36. The lowest BCUT2D eigenvalue weighted by atomic mass is 9.87. The van der Waals surface area contributed by atoms with E-state index in [-0.39, 0.29) is 5.41 Å². The third-order valence-corrected chi connectivity index (χ3v) is 3.09.